The highest BCUT2D eigenvalue weighted by Crippen LogP contribution is 2.44. The van der Waals surface area contributed by atoms with Crippen LogP contribution < -0.4 is 4.72 Å². The summed E-state index contributed by atoms with van der Waals surface area (Å²) in [7, 11) is -4.32. The molecule has 2 atom stereocenters. The van der Waals surface area contributed by atoms with Crippen LogP contribution in [-0.4, -0.2) is 31.4 Å². The lowest BCUT2D eigenvalue weighted by atomic mass is 10.0. The number of hydrogen-bond donors (Lipinski definition) is 2. The van der Waals surface area contributed by atoms with E-state index >= 15 is 0 Å². The monoisotopic (exact) mass is 383 g/mol. The van der Waals surface area contributed by atoms with E-state index in [4.69, 9.17) is 37.2 Å². The maximum absolute atomic E-state index is 10.9. The summed E-state index contributed by atoms with van der Waals surface area (Å²) < 4.78 is 44.8. The second kappa shape index (κ2) is 7.23. The van der Waals surface area contributed by atoms with Crippen LogP contribution in [0.2, 0.25) is 10.0 Å². The highest BCUT2D eigenvalue weighted by atomic mass is 35.5. The molecule has 9 heteroatoms. The van der Waals surface area contributed by atoms with E-state index in [0.29, 0.717) is 28.5 Å². The molecule has 1 aliphatic rings. The lowest BCUT2D eigenvalue weighted by Gasteiger charge is -2.25. The topological polar surface area (TPSA) is 84.9 Å². The molecule has 2 unspecified atom stereocenters. The Hall–Kier alpha value is -0.410. The van der Waals surface area contributed by atoms with E-state index in [1.165, 1.54) is 0 Å². The van der Waals surface area contributed by atoms with Crippen LogP contribution in [0.3, 0.4) is 0 Å². The standard InChI is InChI=1S/C14H19Cl2NO5S/c1-3-14(4-2)21-12(8-17-23(18,19)20)13(22-14)10-6-5-9(15)7-11(10)16/h5-7,12-13,17H,3-4,8H2,1-2H3,(H,18,19,20). The molecule has 23 heavy (non-hydrogen) atoms. The van der Waals surface area contributed by atoms with Crippen LogP contribution in [-0.2, 0) is 19.8 Å². The van der Waals surface area contributed by atoms with Gasteiger partial charge in [0.25, 0.3) is 0 Å². The lowest BCUT2D eigenvalue weighted by molar-refractivity contribution is -0.179. The van der Waals surface area contributed by atoms with Crippen LogP contribution in [0.5, 0.6) is 0 Å². The summed E-state index contributed by atoms with van der Waals surface area (Å²) in [6.45, 7) is 3.70. The molecular formula is C14H19Cl2NO5S. The zero-order valence-corrected chi connectivity index (χ0v) is 15.1. The average Bonchev–Trinajstić information content (AvgIpc) is 2.84. The smallest absolute Gasteiger partial charge is 0.333 e. The molecule has 1 fully saturated rings. The van der Waals surface area contributed by atoms with Gasteiger partial charge in [-0.3, -0.25) is 4.55 Å². The Morgan fingerprint density at radius 2 is 1.91 bits per heavy atom. The average molecular weight is 384 g/mol. The van der Waals surface area contributed by atoms with Gasteiger partial charge in [0.1, 0.15) is 12.2 Å². The fraction of sp³-hybridized carbons (Fsp3) is 0.571. The van der Waals surface area contributed by atoms with Gasteiger partial charge >= 0.3 is 10.3 Å². The second-order valence-electron chi connectivity index (χ2n) is 5.30. The Labute approximate surface area is 145 Å². The molecule has 0 amide bonds. The lowest BCUT2D eigenvalue weighted by Crippen LogP contribution is -2.36. The Balaban J connectivity index is 2.32. The minimum Gasteiger partial charge on any atom is -0.342 e. The fourth-order valence-electron chi connectivity index (χ4n) is 2.59. The number of nitrogens with one attached hydrogen (secondary N) is 1. The Morgan fingerprint density at radius 1 is 1.26 bits per heavy atom. The Bertz CT molecular complexity index is 663. The van der Waals surface area contributed by atoms with E-state index in [0.717, 1.165) is 0 Å². The number of benzene rings is 1. The quantitative estimate of drug-likeness (QED) is 0.735. The third kappa shape index (κ3) is 4.57. The van der Waals surface area contributed by atoms with E-state index in [1.807, 2.05) is 18.6 Å². The van der Waals surface area contributed by atoms with Gasteiger partial charge in [-0.05, 0) is 25.0 Å². The normalized spacial score (nSPS) is 24.0. The molecule has 0 spiro atoms. The molecular weight excluding hydrogens is 365 g/mol. The van der Waals surface area contributed by atoms with Gasteiger partial charge in [-0.25, -0.2) is 0 Å². The van der Waals surface area contributed by atoms with Crippen molar-refractivity contribution >= 4 is 33.5 Å². The molecule has 0 aromatic heterocycles. The molecule has 2 N–H and O–H groups in total. The van der Waals surface area contributed by atoms with E-state index in [-0.39, 0.29) is 6.54 Å². The highest BCUT2D eigenvalue weighted by Gasteiger charge is 2.46. The van der Waals surface area contributed by atoms with Crippen molar-refractivity contribution in [2.24, 2.45) is 0 Å². The van der Waals surface area contributed by atoms with Crippen LogP contribution in [0.1, 0.15) is 38.4 Å². The zero-order chi connectivity index (χ0) is 17.3. The first-order valence-electron chi connectivity index (χ1n) is 7.22. The van der Waals surface area contributed by atoms with Gasteiger partial charge in [-0.15, -0.1) is 0 Å². The molecule has 2 rings (SSSR count). The van der Waals surface area contributed by atoms with Crippen molar-refractivity contribution in [3.63, 3.8) is 0 Å². The summed E-state index contributed by atoms with van der Waals surface area (Å²) in [6.07, 6.45) is -0.0225. The van der Waals surface area contributed by atoms with E-state index < -0.39 is 28.3 Å². The van der Waals surface area contributed by atoms with Crippen molar-refractivity contribution in [3.8, 4) is 0 Å². The second-order valence-corrected chi connectivity index (χ2v) is 7.38. The summed E-state index contributed by atoms with van der Waals surface area (Å²) in [5, 5.41) is 0.897. The highest BCUT2D eigenvalue weighted by molar-refractivity contribution is 7.83. The van der Waals surface area contributed by atoms with Crippen LogP contribution in [0.4, 0.5) is 0 Å². The van der Waals surface area contributed by atoms with Gasteiger partial charge in [0, 0.05) is 22.2 Å². The first kappa shape index (κ1) is 18.9. The van der Waals surface area contributed by atoms with Crippen molar-refractivity contribution in [2.75, 3.05) is 6.54 Å². The van der Waals surface area contributed by atoms with Gasteiger partial charge in [0.05, 0.1) is 0 Å². The number of halogens is 2. The van der Waals surface area contributed by atoms with Gasteiger partial charge in [0.2, 0.25) is 0 Å². The molecule has 0 saturated carbocycles. The van der Waals surface area contributed by atoms with Gasteiger partial charge < -0.3 is 9.47 Å². The van der Waals surface area contributed by atoms with Crippen molar-refractivity contribution in [1.82, 2.24) is 4.72 Å². The van der Waals surface area contributed by atoms with Crippen LogP contribution >= 0.6 is 23.2 Å². The molecule has 1 heterocycles. The van der Waals surface area contributed by atoms with E-state index in [1.54, 1.807) is 18.2 Å². The molecule has 130 valence electrons. The Kier molecular flexibility index (Phi) is 5.94. The molecule has 1 saturated heterocycles. The van der Waals surface area contributed by atoms with Crippen molar-refractivity contribution in [1.29, 1.82) is 0 Å². The van der Waals surface area contributed by atoms with E-state index in [2.05, 4.69) is 0 Å². The summed E-state index contributed by atoms with van der Waals surface area (Å²) in [6, 6.07) is 4.99. The molecule has 0 radical (unpaired) electrons. The summed E-state index contributed by atoms with van der Waals surface area (Å²) in [4.78, 5) is 0. The minimum atomic E-state index is -4.32. The van der Waals surface area contributed by atoms with E-state index in [9.17, 15) is 8.42 Å². The van der Waals surface area contributed by atoms with Gasteiger partial charge in [-0.2, -0.15) is 13.1 Å². The third-order valence-electron chi connectivity index (χ3n) is 3.86. The van der Waals surface area contributed by atoms with Crippen LogP contribution in [0.25, 0.3) is 0 Å². The third-order valence-corrected chi connectivity index (χ3v) is 4.95. The summed E-state index contributed by atoms with van der Waals surface area (Å²) >= 11 is 12.1. The van der Waals surface area contributed by atoms with Gasteiger partial charge in [-0.1, -0.05) is 43.1 Å². The zero-order valence-electron chi connectivity index (χ0n) is 12.8. The minimum absolute atomic E-state index is 0.135. The number of ether oxygens (including phenoxy) is 2. The number of hydrogen-bond acceptors (Lipinski definition) is 4. The van der Waals surface area contributed by atoms with Crippen molar-refractivity contribution in [2.45, 2.75) is 44.7 Å². The van der Waals surface area contributed by atoms with Gasteiger partial charge in [0.15, 0.2) is 5.79 Å². The first-order chi connectivity index (χ1) is 10.7. The molecule has 6 nitrogen and oxygen atoms in total. The molecule has 0 aliphatic carbocycles. The maximum Gasteiger partial charge on any atom is 0.333 e. The fourth-order valence-corrected chi connectivity index (χ4v) is 3.48. The summed E-state index contributed by atoms with van der Waals surface area (Å²) in [5.74, 6) is -0.820. The van der Waals surface area contributed by atoms with Crippen molar-refractivity contribution in [3.05, 3.63) is 33.8 Å². The maximum atomic E-state index is 10.9. The number of rotatable bonds is 6. The predicted molar refractivity (Wildman–Crippen MR) is 88.0 cm³/mol. The molecule has 0 bridgehead atoms. The molecule has 1 aliphatic heterocycles. The predicted octanol–water partition coefficient (Wildman–Crippen LogP) is 3.36. The van der Waals surface area contributed by atoms with Crippen LogP contribution in [0.15, 0.2) is 18.2 Å². The van der Waals surface area contributed by atoms with Crippen LogP contribution in [0, 0.1) is 0 Å². The molecule has 1 aromatic carbocycles. The summed E-state index contributed by atoms with van der Waals surface area (Å²) in [5.41, 5.74) is 0.655. The van der Waals surface area contributed by atoms with Crippen molar-refractivity contribution < 1.29 is 22.4 Å². The first-order valence-corrected chi connectivity index (χ1v) is 9.42. The largest absolute Gasteiger partial charge is 0.342 e. The SMILES string of the molecule is CCC1(CC)OC(CNS(=O)(=O)O)C(c2ccc(Cl)cc2Cl)O1. The molecule has 1 aromatic rings. The Morgan fingerprint density at radius 3 is 2.43 bits per heavy atom.